The highest BCUT2D eigenvalue weighted by molar-refractivity contribution is 5.88. The summed E-state index contributed by atoms with van der Waals surface area (Å²) < 4.78 is 15.9. The molecule has 3 rings (SSSR count). The van der Waals surface area contributed by atoms with E-state index in [1.165, 1.54) is 6.08 Å². The molecule has 0 bridgehead atoms. The zero-order valence-electron chi connectivity index (χ0n) is 18.9. The van der Waals surface area contributed by atoms with Crippen molar-refractivity contribution in [1.29, 1.82) is 0 Å². The maximum absolute atomic E-state index is 12.1. The van der Waals surface area contributed by atoms with Crippen molar-refractivity contribution in [2.45, 2.75) is 20.5 Å². The van der Waals surface area contributed by atoms with Gasteiger partial charge in [0.1, 0.15) is 18.1 Å². The SMILES string of the molecule is CC.COc1ccc(-c2ccc(/C=C/C(=O)OCc3ccc(N)cc3N)c(OC)c2)cc1. The highest BCUT2D eigenvalue weighted by Crippen LogP contribution is 2.29. The quantitative estimate of drug-likeness (QED) is 0.297. The van der Waals surface area contributed by atoms with Gasteiger partial charge in [0, 0.05) is 28.6 Å². The van der Waals surface area contributed by atoms with Crippen LogP contribution in [0.2, 0.25) is 0 Å². The van der Waals surface area contributed by atoms with E-state index in [0.29, 0.717) is 22.7 Å². The largest absolute Gasteiger partial charge is 0.497 e. The van der Waals surface area contributed by atoms with Gasteiger partial charge in [-0.3, -0.25) is 0 Å². The van der Waals surface area contributed by atoms with Crippen molar-refractivity contribution in [3.05, 3.63) is 77.9 Å². The van der Waals surface area contributed by atoms with Crippen molar-refractivity contribution in [3.8, 4) is 22.6 Å². The van der Waals surface area contributed by atoms with E-state index in [1.807, 2.05) is 56.3 Å². The molecule has 168 valence electrons. The minimum Gasteiger partial charge on any atom is -0.497 e. The van der Waals surface area contributed by atoms with E-state index in [4.69, 9.17) is 25.7 Å². The first kappa shape index (κ1) is 24.3. The number of rotatable bonds is 7. The average molecular weight is 435 g/mol. The molecule has 0 saturated carbocycles. The predicted octanol–water partition coefficient (Wildman–Crippen LogP) is 5.32. The Kier molecular flexibility index (Phi) is 9.17. The fourth-order valence-corrected chi connectivity index (χ4v) is 2.91. The second-order valence-corrected chi connectivity index (χ2v) is 6.58. The first-order valence-electron chi connectivity index (χ1n) is 10.3. The molecule has 32 heavy (non-hydrogen) atoms. The van der Waals surface area contributed by atoms with Crippen LogP contribution < -0.4 is 20.9 Å². The number of anilines is 2. The van der Waals surface area contributed by atoms with Crippen LogP contribution in [0.3, 0.4) is 0 Å². The Morgan fingerprint density at radius 3 is 2.19 bits per heavy atom. The molecule has 4 N–H and O–H groups in total. The molecule has 0 aliphatic carbocycles. The van der Waals surface area contributed by atoms with Gasteiger partial charge in [0.15, 0.2) is 0 Å². The highest BCUT2D eigenvalue weighted by Gasteiger charge is 2.07. The van der Waals surface area contributed by atoms with E-state index in [0.717, 1.165) is 22.4 Å². The van der Waals surface area contributed by atoms with Gasteiger partial charge < -0.3 is 25.7 Å². The Morgan fingerprint density at radius 2 is 1.56 bits per heavy atom. The fraction of sp³-hybridized carbons (Fsp3) is 0.192. The molecule has 0 aliphatic rings. The smallest absolute Gasteiger partial charge is 0.331 e. The number of hydrogen-bond donors (Lipinski definition) is 2. The summed E-state index contributed by atoms with van der Waals surface area (Å²) in [5.74, 6) is 0.965. The van der Waals surface area contributed by atoms with Crippen molar-refractivity contribution < 1.29 is 19.0 Å². The van der Waals surface area contributed by atoms with Gasteiger partial charge in [-0.2, -0.15) is 0 Å². The van der Waals surface area contributed by atoms with Crippen LogP contribution in [-0.2, 0) is 16.1 Å². The third-order valence-electron chi connectivity index (χ3n) is 4.60. The summed E-state index contributed by atoms with van der Waals surface area (Å²) in [6, 6.07) is 18.6. The van der Waals surface area contributed by atoms with Crippen molar-refractivity contribution in [2.75, 3.05) is 25.7 Å². The van der Waals surface area contributed by atoms with E-state index in [2.05, 4.69) is 0 Å². The maximum atomic E-state index is 12.1. The third kappa shape index (κ3) is 6.54. The summed E-state index contributed by atoms with van der Waals surface area (Å²) >= 11 is 0. The lowest BCUT2D eigenvalue weighted by molar-refractivity contribution is -0.138. The van der Waals surface area contributed by atoms with Gasteiger partial charge >= 0.3 is 5.97 Å². The molecule has 0 fully saturated rings. The lowest BCUT2D eigenvalue weighted by atomic mass is 10.0. The molecule has 0 aromatic heterocycles. The topological polar surface area (TPSA) is 96.8 Å². The number of esters is 1. The average Bonchev–Trinajstić information content (AvgIpc) is 2.83. The number of carbonyl (C=O) groups is 1. The van der Waals surface area contributed by atoms with Gasteiger partial charge in [0.05, 0.1) is 14.2 Å². The van der Waals surface area contributed by atoms with E-state index in [-0.39, 0.29) is 6.61 Å². The van der Waals surface area contributed by atoms with Gasteiger partial charge in [-0.15, -0.1) is 0 Å². The van der Waals surface area contributed by atoms with E-state index < -0.39 is 5.97 Å². The van der Waals surface area contributed by atoms with Crippen LogP contribution in [0.1, 0.15) is 25.0 Å². The van der Waals surface area contributed by atoms with Gasteiger partial charge in [-0.05, 0) is 47.5 Å². The number of benzene rings is 3. The van der Waals surface area contributed by atoms with Gasteiger partial charge in [0.2, 0.25) is 0 Å². The van der Waals surface area contributed by atoms with Crippen molar-refractivity contribution in [1.82, 2.24) is 0 Å². The number of methoxy groups -OCH3 is 2. The molecule has 6 nitrogen and oxygen atoms in total. The lowest BCUT2D eigenvalue weighted by Gasteiger charge is -2.09. The van der Waals surface area contributed by atoms with Crippen LogP contribution >= 0.6 is 0 Å². The minimum absolute atomic E-state index is 0.0723. The Hall–Kier alpha value is -3.93. The minimum atomic E-state index is -0.479. The molecular formula is C26H30N2O4. The number of hydrogen-bond acceptors (Lipinski definition) is 6. The van der Waals surface area contributed by atoms with Crippen LogP contribution in [0.15, 0.2) is 66.7 Å². The monoisotopic (exact) mass is 434 g/mol. The van der Waals surface area contributed by atoms with Crippen molar-refractivity contribution in [2.24, 2.45) is 0 Å². The van der Waals surface area contributed by atoms with Crippen LogP contribution in [0.4, 0.5) is 11.4 Å². The normalized spacial score (nSPS) is 10.2. The zero-order chi connectivity index (χ0) is 23.5. The first-order valence-corrected chi connectivity index (χ1v) is 10.3. The molecule has 0 atom stereocenters. The standard InChI is InChI=1S/C24H24N2O4.C2H6/c1-28-21-10-6-16(7-11-21)18-4-3-17(23(13-18)29-2)8-12-24(27)30-15-19-5-9-20(25)14-22(19)26;1-2/h3-14H,15,25-26H2,1-2H3;1-2H3/b12-8+;. The second-order valence-electron chi connectivity index (χ2n) is 6.58. The zero-order valence-corrected chi connectivity index (χ0v) is 18.9. The Morgan fingerprint density at radius 1 is 0.875 bits per heavy atom. The summed E-state index contributed by atoms with van der Waals surface area (Å²) in [6.45, 7) is 4.07. The Balaban J connectivity index is 0.00000176. The number of ether oxygens (including phenoxy) is 3. The molecule has 6 heteroatoms. The summed E-state index contributed by atoms with van der Waals surface area (Å²) in [5.41, 5.74) is 16.1. The summed E-state index contributed by atoms with van der Waals surface area (Å²) in [6.07, 6.45) is 3.02. The summed E-state index contributed by atoms with van der Waals surface area (Å²) in [5, 5.41) is 0. The third-order valence-corrected chi connectivity index (χ3v) is 4.60. The molecule has 0 radical (unpaired) electrons. The summed E-state index contributed by atoms with van der Waals surface area (Å²) in [4.78, 5) is 12.1. The van der Waals surface area contributed by atoms with Crippen LogP contribution in [0.25, 0.3) is 17.2 Å². The van der Waals surface area contributed by atoms with Gasteiger partial charge in [0.25, 0.3) is 0 Å². The Bertz CT molecular complexity index is 1060. The second kappa shape index (κ2) is 12.1. The molecule has 0 aliphatic heterocycles. The molecular weight excluding hydrogens is 404 g/mol. The number of carbonyl (C=O) groups excluding carboxylic acids is 1. The van der Waals surface area contributed by atoms with Crippen molar-refractivity contribution >= 4 is 23.4 Å². The lowest BCUT2D eigenvalue weighted by Crippen LogP contribution is -2.03. The molecule has 3 aromatic carbocycles. The van der Waals surface area contributed by atoms with Crippen molar-refractivity contribution in [3.63, 3.8) is 0 Å². The van der Waals surface area contributed by atoms with E-state index >= 15 is 0 Å². The molecule has 0 unspecified atom stereocenters. The van der Waals surface area contributed by atoms with Gasteiger partial charge in [-0.1, -0.05) is 44.2 Å². The number of nitrogens with two attached hydrogens (primary N) is 2. The first-order chi connectivity index (χ1) is 15.5. The van der Waals surface area contributed by atoms with E-state index in [9.17, 15) is 4.79 Å². The molecule has 0 spiro atoms. The summed E-state index contributed by atoms with van der Waals surface area (Å²) in [7, 11) is 3.22. The Labute approximate surface area is 189 Å². The molecule has 3 aromatic rings. The maximum Gasteiger partial charge on any atom is 0.331 e. The highest BCUT2D eigenvalue weighted by atomic mass is 16.5. The van der Waals surface area contributed by atoms with Crippen LogP contribution in [0.5, 0.6) is 11.5 Å². The molecule has 0 saturated heterocycles. The van der Waals surface area contributed by atoms with Crippen LogP contribution in [-0.4, -0.2) is 20.2 Å². The van der Waals surface area contributed by atoms with E-state index in [1.54, 1.807) is 38.5 Å². The fourth-order valence-electron chi connectivity index (χ4n) is 2.91. The van der Waals surface area contributed by atoms with Crippen LogP contribution in [0, 0.1) is 0 Å². The number of nitrogen functional groups attached to an aromatic ring is 2. The van der Waals surface area contributed by atoms with Gasteiger partial charge in [-0.25, -0.2) is 4.79 Å². The molecule has 0 amide bonds. The predicted molar refractivity (Wildman–Crippen MR) is 130 cm³/mol. The molecule has 0 heterocycles.